The van der Waals surface area contributed by atoms with Crippen LogP contribution in [0.2, 0.25) is 0 Å². The minimum absolute atomic E-state index is 0.105. The number of fused-ring (bicyclic) bond motifs is 2. The van der Waals surface area contributed by atoms with Crippen molar-refractivity contribution in [3.05, 3.63) is 70.8 Å². The van der Waals surface area contributed by atoms with Crippen molar-refractivity contribution in [2.75, 3.05) is 13.1 Å². The minimum Gasteiger partial charge on any atom is -0.478 e. The highest BCUT2D eigenvalue weighted by Gasteiger charge is 2.25. The molecule has 0 radical (unpaired) electrons. The summed E-state index contributed by atoms with van der Waals surface area (Å²) in [6.07, 6.45) is 0. The van der Waals surface area contributed by atoms with Crippen LogP contribution in [0.1, 0.15) is 69.1 Å². The normalized spacial score (nSPS) is 11.8. The molecular formula is C32H30N2O6. The number of carboxylic acids is 2. The smallest absolute Gasteiger partial charge is 0.336 e. The van der Waals surface area contributed by atoms with Gasteiger partial charge in [-0.1, -0.05) is 52.0 Å². The van der Waals surface area contributed by atoms with Gasteiger partial charge in [-0.05, 0) is 68.4 Å². The monoisotopic (exact) mass is 538 g/mol. The number of aromatic carboxylic acids is 2. The molecule has 8 nitrogen and oxygen atoms in total. The molecule has 0 spiro atoms. The zero-order chi connectivity index (χ0) is 28.9. The third-order valence-electron chi connectivity index (χ3n) is 7.19. The molecule has 2 amide bonds. The predicted octanol–water partition coefficient (Wildman–Crippen LogP) is 5.91. The first-order chi connectivity index (χ1) is 19.0. The molecule has 0 fully saturated rings. The number of amides is 2. The van der Waals surface area contributed by atoms with Gasteiger partial charge in [0.05, 0.1) is 11.1 Å². The summed E-state index contributed by atoms with van der Waals surface area (Å²) in [6, 6.07) is 13.1. The van der Waals surface area contributed by atoms with Gasteiger partial charge in [0.2, 0.25) is 0 Å². The molecule has 0 atom stereocenters. The summed E-state index contributed by atoms with van der Waals surface area (Å²) in [5.74, 6) is -2.58. The second-order valence-corrected chi connectivity index (χ2v) is 11.0. The van der Waals surface area contributed by atoms with Gasteiger partial charge in [-0.3, -0.25) is 9.59 Å². The van der Waals surface area contributed by atoms with Crippen molar-refractivity contribution in [3.63, 3.8) is 0 Å². The number of carbonyl (C=O) groups excluding carboxylic acids is 2. The summed E-state index contributed by atoms with van der Waals surface area (Å²) in [5.41, 5.74) is 0.513. The Morgan fingerprint density at radius 3 is 1.12 bits per heavy atom. The standard InChI is InChI=1S/C32H30N2O6/c1-15(2)13-33-29(35)21-9-5-17-19-7-11-23(31(37)38)28-24(32(39)40)12-8-20(26(19)28)18-6-10-22(27(21)25(17)18)30(36)34-14-16(3)4/h5-12,15-16H,13-14H2,1-4H3,(H,33,35)(H,34,36)(H,37,38)(H,39,40). The van der Waals surface area contributed by atoms with E-state index in [1.54, 1.807) is 36.4 Å². The van der Waals surface area contributed by atoms with Gasteiger partial charge in [0.1, 0.15) is 0 Å². The average Bonchev–Trinajstić information content (AvgIpc) is 2.91. The van der Waals surface area contributed by atoms with E-state index in [2.05, 4.69) is 10.6 Å². The largest absolute Gasteiger partial charge is 0.478 e. The molecule has 4 N–H and O–H groups in total. The first-order valence-corrected chi connectivity index (χ1v) is 13.2. The Balaban J connectivity index is 1.94. The van der Waals surface area contributed by atoms with E-state index in [1.807, 2.05) is 27.7 Å². The first kappa shape index (κ1) is 26.9. The Kier molecular flexibility index (Phi) is 6.79. The summed E-state index contributed by atoms with van der Waals surface area (Å²) < 4.78 is 0. The number of carboxylic acid groups (broad SMARTS) is 2. The fourth-order valence-corrected chi connectivity index (χ4v) is 5.41. The summed E-state index contributed by atoms with van der Waals surface area (Å²) in [4.78, 5) is 51.1. The lowest BCUT2D eigenvalue weighted by molar-refractivity contribution is 0.0695. The van der Waals surface area contributed by atoms with Crippen LogP contribution in [0.5, 0.6) is 0 Å². The Morgan fingerprint density at radius 2 is 0.825 bits per heavy atom. The molecule has 0 aliphatic heterocycles. The Bertz CT molecular complexity index is 1730. The zero-order valence-electron chi connectivity index (χ0n) is 22.7. The molecule has 40 heavy (non-hydrogen) atoms. The molecule has 0 aliphatic carbocycles. The van der Waals surface area contributed by atoms with Crippen LogP contribution >= 0.6 is 0 Å². The second kappa shape index (κ2) is 10.1. The molecule has 5 rings (SSSR count). The van der Waals surface area contributed by atoms with Crippen LogP contribution < -0.4 is 10.6 Å². The van der Waals surface area contributed by atoms with E-state index in [9.17, 15) is 29.4 Å². The third-order valence-corrected chi connectivity index (χ3v) is 7.19. The van der Waals surface area contributed by atoms with Crippen molar-refractivity contribution >= 4 is 66.8 Å². The van der Waals surface area contributed by atoms with E-state index in [0.29, 0.717) is 61.9 Å². The summed E-state index contributed by atoms with van der Waals surface area (Å²) >= 11 is 0. The lowest BCUT2D eigenvalue weighted by Crippen LogP contribution is -2.29. The van der Waals surface area contributed by atoms with E-state index < -0.39 is 11.9 Å². The molecule has 8 heteroatoms. The van der Waals surface area contributed by atoms with Crippen molar-refractivity contribution in [2.24, 2.45) is 11.8 Å². The van der Waals surface area contributed by atoms with E-state index in [1.165, 1.54) is 12.1 Å². The number of benzene rings is 5. The highest BCUT2D eigenvalue weighted by molar-refractivity contribution is 6.38. The van der Waals surface area contributed by atoms with Crippen LogP contribution in [0.3, 0.4) is 0 Å². The first-order valence-electron chi connectivity index (χ1n) is 13.2. The molecule has 0 aromatic heterocycles. The van der Waals surface area contributed by atoms with Gasteiger partial charge in [-0.2, -0.15) is 0 Å². The van der Waals surface area contributed by atoms with Crippen molar-refractivity contribution in [3.8, 4) is 0 Å². The second-order valence-electron chi connectivity index (χ2n) is 11.0. The summed E-state index contributed by atoms with van der Waals surface area (Å²) in [6.45, 7) is 8.92. The highest BCUT2D eigenvalue weighted by Crippen LogP contribution is 2.44. The predicted molar refractivity (Wildman–Crippen MR) is 156 cm³/mol. The molecule has 5 aromatic rings. The lowest BCUT2D eigenvalue weighted by Gasteiger charge is -2.20. The Labute approximate surface area is 230 Å². The zero-order valence-corrected chi connectivity index (χ0v) is 22.7. The van der Waals surface area contributed by atoms with Crippen molar-refractivity contribution < 1.29 is 29.4 Å². The highest BCUT2D eigenvalue weighted by atomic mass is 16.4. The molecule has 0 saturated heterocycles. The van der Waals surface area contributed by atoms with Crippen LogP contribution in [-0.2, 0) is 0 Å². The maximum Gasteiger partial charge on any atom is 0.336 e. The van der Waals surface area contributed by atoms with Crippen molar-refractivity contribution in [1.29, 1.82) is 0 Å². The Morgan fingerprint density at radius 1 is 0.525 bits per heavy atom. The van der Waals surface area contributed by atoms with Gasteiger partial charge in [0.25, 0.3) is 11.8 Å². The van der Waals surface area contributed by atoms with Crippen molar-refractivity contribution in [2.45, 2.75) is 27.7 Å². The topological polar surface area (TPSA) is 133 Å². The number of hydrogen-bond acceptors (Lipinski definition) is 4. The molecular weight excluding hydrogens is 508 g/mol. The fourth-order valence-electron chi connectivity index (χ4n) is 5.41. The molecule has 0 heterocycles. The SMILES string of the molecule is CC(C)CNC(=O)c1ccc2c3ccc(C(=O)O)c4c(C(=O)O)ccc(c5ccc(C(=O)NCC(C)C)c1c25)c43. The van der Waals surface area contributed by atoms with Crippen LogP contribution in [0.15, 0.2) is 48.5 Å². The maximum absolute atomic E-state index is 13.4. The maximum atomic E-state index is 13.4. The molecule has 0 bridgehead atoms. The lowest BCUT2D eigenvalue weighted by atomic mass is 9.84. The molecule has 0 unspecified atom stereocenters. The van der Waals surface area contributed by atoms with Gasteiger partial charge in [-0.25, -0.2) is 9.59 Å². The quantitative estimate of drug-likeness (QED) is 0.144. The number of rotatable bonds is 8. The summed E-state index contributed by atoms with van der Waals surface area (Å²) in [5, 5.41) is 30.2. The van der Waals surface area contributed by atoms with Gasteiger partial charge >= 0.3 is 11.9 Å². The van der Waals surface area contributed by atoms with Gasteiger partial charge < -0.3 is 20.8 Å². The number of carbonyl (C=O) groups is 4. The van der Waals surface area contributed by atoms with Gasteiger partial charge in [-0.15, -0.1) is 0 Å². The number of nitrogens with one attached hydrogen (secondary N) is 2. The van der Waals surface area contributed by atoms with Crippen LogP contribution in [0.4, 0.5) is 0 Å². The average molecular weight is 539 g/mol. The van der Waals surface area contributed by atoms with E-state index in [0.717, 1.165) is 0 Å². The fraction of sp³-hybridized carbons (Fsp3) is 0.250. The Hall–Kier alpha value is -4.72. The van der Waals surface area contributed by atoms with E-state index in [4.69, 9.17) is 0 Å². The van der Waals surface area contributed by atoms with Gasteiger partial charge in [0.15, 0.2) is 0 Å². The summed E-state index contributed by atoms with van der Waals surface area (Å²) in [7, 11) is 0. The number of hydrogen-bond donors (Lipinski definition) is 4. The van der Waals surface area contributed by atoms with Crippen molar-refractivity contribution in [1.82, 2.24) is 10.6 Å². The molecule has 5 aromatic carbocycles. The van der Waals surface area contributed by atoms with E-state index in [-0.39, 0.29) is 40.2 Å². The molecule has 0 saturated carbocycles. The molecule has 0 aliphatic rings. The van der Waals surface area contributed by atoms with Crippen LogP contribution in [-0.4, -0.2) is 47.1 Å². The minimum atomic E-state index is -1.23. The van der Waals surface area contributed by atoms with Crippen LogP contribution in [0, 0.1) is 11.8 Å². The molecule has 204 valence electrons. The van der Waals surface area contributed by atoms with Gasteiger partial charge in [0, 0.05) is 35.0 Å². The van der Waals surface area contributed by atoms with Crippen LogP contribution in [0.25, 0.3) is 43.1 Å². The van der Waals surface area contributed by atoms with E-state index >= 15 is 0 Å². The third kappa shape index (κ3) is 4.35.